The number of hydrogen-bond donors (Lipinski definition) is 1. The van der Waals surface area contributed by atoms with Gasteiger partial charge in [-0.05, 0) is 43.2 Å². The monoisotopic (exact) mass is 552 g/mol. The number of nitrogens with one attached hydrogen (secondary N) is 1. The standard InChI is InChI=1S/C27H28N4O3S3/c1-3-13-31-24(20-15-35-21-12-8-7-11-18(20)21)29-30-27(31)37-16-22(32)28-25-23(26(33)34-2)19(14-36-25)17-9-5-4-6-10-17/h4-6,9-10,14-15H,3,7-8,11-13,16H2,1-2H3,(H,28,32). The number of thiophene rings is 2. The molecule has 1 amide bonds. The van der Waals surface area contributed by atoms with Gasteiger partial charge in [-0.3, -0.25) is 4.79 Å². The third-order valence-electron chi connectivity index (χ3n) is 6.32. The normalized spacial score (nSPS) is 12.8. The molecule has 0 atom stereocenters. The fourth-order valence-electron chi connectivity index (χ4n) is 4.58. The highest BCUT2D eigenvalue weighted by Gasteiger charge is 2.24. The Morgan fingerprint density at radius 2 is 1.86 bits per heavy atom. The van der Waals surface area contributed by atoms with Crippen LogP contribution in [0.15, 0.2) is 46.2 Å². The maximum Gasteiger partial charge on any atom is 0.341 e. The summed E-state index contributed by atoms with van der Waals surface area (Å²) in [6.07, 6.45) is 5.64. The molecule has 10 heteroatoms. The van der Waals surface area contributed by atoms with Gasteiger partial charge in [-0.2, -0.15) is 0 Å². The van der Waals surface area contributed by atoms with Gasteiger partial charge in [-0.25, -0.2) is 4.79 Å². The van der Waals surface area contributed by atoms with E-state index >= 15 is 0 Å². The minimum atomic E-state index is -0.477. The Labute approximate surface area is 228 Å². The Bertz CT molecular complexity index is 1410. The van der Waals surface area contributed by atoms with Crippen LogP contribution in [0.3, 0.4) is 0 Å². The Kier molecular flexibility index (Phi) is 8.07. The van der Waals surface area contributed by atoms with Crippen molar-refractivity contribution in [2.75, 3.05) is 18.2 Å². The zero-order valence-electron chi connectivity index (χ0n) is 20.8. The minimum Gasteiger partial charge on any atom is -0.465 e. The van der Waals surface area contributed by atoms with E-state index in [0.29, 0.717) is 10.6 Å². The van der Waals surface area contributed by atoms with E-state index < -0.39 is 5.97 Å². The molecular formula is C27H28N4O3S3. The van der Waals surface area contributed by atoms with Gasteiger partial charge in [0.1, 0.15) is 10.6 Å². The summed E-state index contributed by atoms with van der Waals surface area (Å²) in [7, 11) is 1.35. The van der Waals surface area contributed by atoms with Crippen LogP contribution in [-0.2, 0) is 28.9 Å². The maximum absolute atomic E-state index is 13.0. The van der Waals surface area contributed by atoms with Crippen molar-refractivity contribution >= 4 is 51.3 Å². The first-order valence-corrected chi connectivity index (χ1v) is 15.1. The Morgan fingerprint density at radius 1 is 1.08 bits per heavy atom. The number of carbonyl (C=O) groups excluding carboxylic acids is 2. The molecule has 3 heterocycles. The number of amides is 1. The predicted octanol–water partition coefficient (Wildman–Crippen LogP) is 6.54. The van der Waals surface area contributed by atoms with Gasteiger partial charge in [-0.1, -0.05) is 49.0 Å². The van der Waals surface area contributed by atoms with Crippen molar-refractivity contribution in [3.8, 4) is 22.5 Å². The number of methoxy groups -OCH3 is 1. The summed E-state index contributed by atoms with van der Waals surface area (Å²) in [5.74, 6) is 0.359. The van der Waals surface area contributed by atoms with Gasteiger partial charge in [-0.15, -0.1) is 32.9 Å². The van der Waals surface area contributed by atoms with E-state index in [1.54, 1.807) is 0 Å². The number of benzene rings is 1. The molecule has 1 aromatic carbocycles. The molecule has 37 heavy (non-hydrogen) atoms. The molecule has 3 aromatic heterocycles. The van der Waals surface area contributed by atoms with E-state index in [0.717, 1.165) is 47.9 Å². The van der Waals surface area contributed by atoms with Crippen LogP contribution in [-0.4, -0.2) is 39.5 Å². The van der Waals surface area contributed by atoms with Crippen LogP contribution in [0.5, 0.6) is 0 Å². The largest absolute Gasteiger partial charge is 0.465 e. The number of nitrogens with zero attached hydrogens (tertiary/aromatic N) is 3. The molecule has 4 aromatic rings. The molecule has 0 bridgehead atoms. The predicted molar refractivity (Wildman–Crippen MR) is 151 cm³/mol. The second-order valence-corrected chi connectivity index (χ2v) is 11.6. The molecule has 0 radical (unpaired) electrons. The molecule has 0 spiro atoms. The summed E-state index contributed by atoms with van der Waals surface area (Å²) >= 11 is 4.50. The second-order valence-electron chi connectivity index (χ2n) is 8.76. The molecule has 0 saturated carbocycles. The Hall–Kier alpha value is -2.95. The SMILES string of the molecule is CCCn1c(SCC(=O)Nc2scc(-c3ccccc3)c2C(=O)OC)nnc1-c1csc2c1CCCC2. The smallest absolute Gasteiger partial charge is 0.341 e. The van der Waals surface area contributed by atoms with Gasteiger partial charge in [0.2, 0.25) is 5.91 Å². The van der Waals surface area contributed by atoms with Crippen LogP contribution in [0.25, 0.3) is 22.5 Å². The molecular weight excluding hydrogens is 525 g/mol. The third kappa shape index (κ3) is 5.37. The average Bonchev–Trinajstić information content (AvgIpc) is 3.65. The number of ether oxygens (including phenoxy) is 1. The zero-order valence-corrected chi connectivity index (χ0v) is 23.2. The van der Waals surface area contributed by atoms with Gasteiger partial charge < -0.3 is 14.6 Å². The van der Waals surface area contributed by atoms with E-state index in [1.807, 2.05) is 47.0 Å². The van der Waals surface area contributed by atoms with Gasteiger partial charge >= 0.3 is 5.97 Å². The molecule has 192 valence electrons. The number of hydrogen-bond acceptors (Lipinski definition) is 8. The van der Waals surface area contributed by atoms with Gasteiger partial charge in [0.25, 0.3) is 0 Å². The summed E-state index contributed by atoms with van der Waals surface area (Å²) in [6, 6.07) is 9.60. The summed E-state index contributed by atoms with van der Waals surface area (Å²) < 4.78 is 7.15. The number of aromatic nitrogens is 3. The number of esters is 1. The van der Waals surface area contributed by atoms with Crippen LogP contribution < -0.4 is 5.32 Å². The van der Waals surface area contributed by atoms with Gasteiger partial charge in [0, 0.05) is 33.3 Å². The van der Waals surface area contributed by atoms with Crippen LogP contribution >= 0.6 is 34.4 Å². The van der Waals surface area contributed by atoms with Crippen LogP contribution in [0.4, 0.5) is 5.00 Å². The van der Waals surface area contributed by atoms with Crippen molar-refractivity contribution in [1.29, 1.82) is 0 Å². The van der Waals surface area contributed by atoms with Crippen molar-refractivity contribution in [3.63, 3.8) is 0 Å². The fourth-order valence-corrected chi connectivity index (χ4v) is 7.44. The topological polar surface area (TPSA) is 86.1 Å². The highest BCUT2D eigenvalue weighted by Crippen LogP contribution is 2.38. The number of thioether (sulfide) groups is 1. The van der Waals surface area contributed by atoms with E-state index in [9.17, 15) is 9.59 Å². The number of anilines is 1. The first-order chi connectivity index (χ1) is 18.1. The molecule has 0 unspecified atom stereocenters. The molecule has 0 saturated heterocycles. The minimum absolute atomic E-state index is 0.156. The number of carbonyl (C=O) groups is 2. The number of fused-ring (bicyclic) bond motifs is 1. The molecule has 7 nitrogen and oxygen atoms in total. The van der Waals surface area contributed by atoms with Crippen LogP contribution in [0.2, 0.25) is 0 Å². The quantitative estimate of drug-likeness (QED) is 0.187. The number of aryl methyl sites for hydroxylation is 1. The van der Waals surface area contributed by atoms with Crippen molar-refractivity contribution in [1.82, 2.24) is 14.8 Å². The fraction of sp³-hybridized carbons (Fsp3) is 0.333. The molecule has 1 aliphatic carbocycles. The van der Waals surface area contributed by atoms with Crippen LogP contribution in [0, 0.1) is 0 Å². The van der Waals surface area contributed by atoms with E-state index in [4.69, 9.17) is 4.74 Å². The van der Waals surface area contributed by atoms with E-state index in [-0.39, 0.29) is 11.7 Å². The van der Waals surface area contributed by atoms with Crippen molar-refractivity contribution in [2.24, 2.45) is 0 Å². The third-order valence-corrected chi connectivity index (χ3v) is 9.27. The van der Waals surface area contributed by atoms with E-state index in [1.165, 1.54) is 59.1 Å². The summed E-state index contributed by atoms with van der Waals surface area (Å²) in [4.78, 5) is 27.0. The van der Waals surface area contributed by atoms with Crippen LogP contribution in [0.1, 0.15) is 47.0 Å². The Morgan fingerprint density at radius 3 is 2.65 bits per heavy atom. The zero-order chi connectivity index (χ0) is 25.8. The summed E-state index contributed by atoms with van der Waals surface area (Å²) in [5.41, 5.74) is 4.61. The average molecular weight is 553 g/mol. The first kappa shape index (κ1) is 25.7. The second kappa shape index (κ2) is 11.6. The number of rotatable bonds is 9. The molecule has 0 fully saturated rings. The molecule has 1 aliphatic rings. The summed E-state index contributed by atoms with van der Waals surface area (Å²) in [6.45, 7) is 2.91. The van der Waals surface area contributed by atoms with Gasteiger partial charge in [0.05, 0.1) is 12.9 Å². The lowest BCUT2D eigenvalue weighted by atomic mass is 9.95. The highest BCUT2D eigenvalue weighted by atomic mass is 32.2. The lowest BCUT2D eigenvalue weighted by molar-refractivity contribution is -0.113. The van der Waals surface area contributed by atoms with Crippen molar-refractivity contribution in [3.05, 3.63) is 57.1 Å². The molecule has 1 N–H and O–H groups in total. The Balaban J connectivity index is 1.33. The lowest BCUT2D eigenvalue weighted by Crippen LogP contribution is -2.16. The maximum atomic E-state index is 13.0. The molecule has 5 rings (SSSR count). The lowest BCUT2D eigenvalue weighted by Gasteiger charge is -2.13. The van der Waals surface area contributed by atoms with Crippen molar-refractivity contribution in [2.45, 2.75) is 50.7 Å². The first-order valence-electron chi connectivity index (χ1n) is 12.3. The summed E-state index contributed by atoms with van der Waals surface area (Å²) in [5, 5.41) is 17.2. The van der Waals surface area contributed by atoms with Crippen molar-refractivity contribution < 1.29 is 14.3 Å². The van der Waals surface area contributed by atoms with E-state index in [2.05, 4.69) is 32.4 Å². The van der Waals surface area contributed by atoms with Gasteiger partial charge in [0.15, 0.2) is 11.0 Å². The molecule has 0 aliphatic heterocycles. The highest BCUT2D eigenvalue weighted by molar-refractivity contribution is 7.99.